The lowest BCUT2D eigenvalue weighted by Crippen LogP contribution is -2.21. The standard InChI is InChI=1S/C19H21N3O/c1-3-22(4-2)15-11-9-14(10-12-15)13-18-16-7-5-6-8-17(16)19(23)21-20-18/h5-12H,3-4,13H2,1-2H3,(H,21,23). The van der Waals surface area contributed by atoms with E-state index in [4.69, 9.17) is 0 Å². The maximum atomic E-state index is 11.8. The van der Waals surface area contributed by atoms with Crippen molar-refractivity contribution in [1.82, 2.24) is 10.2 Å². The molecule has 2 aromatic carbocycles. The summed E-state index contributed by atoms with van der Waals surface area (Å²) >= 11 is 0. The van der Waals surface area contributed by atoms with E-state index in [1.165, 1.54) is 11.3 Å². The molecule has 0 bridgehead atoms. The van der Waals surface area contributed by atoms with E-state index < -0.39 is 0 Å². The topological polar surface area (TPSA) is 49.0 Å². The van der Waals surface area contributed by atoms with Crippen molar-refractivity contribution in [2.24, 2.45) is 0 Å². The van der Waals surface area contributed by atoms with Crippen LogP contribution in [0, 0.1) is 0 Å². The Hall–Kier alpha value is -2.62. The summed E-state index contributed by atoms with van der Waals surface area (Å²) < 4.78 is 0. The first-order valence-corrected chi connectivity index (χ1v) is 8.03. The zero-order valence-corrected chi connectivity index (χ0v) is 13.5. The maximum absolute atomic E-state index is 11.8. The van der Waals surface area contributed by atoms with Crippen LogP contribution in [0.1, 0.15) is 25.1 Å². The molecule has 0 saturated carbocycles. The molecule has 0 atom stereocenters. The molecule has 3 aromatic rings. The Morgan fingerprint density at radius 3 is 2.26 bits per heavy atom. The van der Waals surface area contributed by atoms with Crippen molar-refractivity contribution >= 4 is 16.5 Å². The first-order valence-electron chi connectivity index (χ1n) is 8.03. The number of anilines is 1. The number of hydrogen-bond acceptors (Lipinski definition) is 3. The van der Waals surface area contributed by atoms with Crippen LogP contribution in [0.5, 0.6) is 0 Å². The van der Waals surface area contributed by atoms with E-state index in [-0.39, 0.29) is 5.56 Å². The molecule has 0 saturated heterocycles. The van der Waals surface area contributed by atoms with E-state index in [1.54, 1.807) is 0 Å². The molecule has 0 unspecified atom stereocenters. The Bertz CT molecular complexity index is 848. The van der Waals surface area contributed by atoms with E-state index in [9.17, 15) is 4.79 Å². The number of H-pyrrole nitrogens is 1. The molecule has 1 aromatic heterocycles. The van der Waals surface area contributed by atoms with Gasteiger partial charge in [-0.2, -0.15) is 5.10 Å². The summed E-state index contributed by atoms with van der Waals surface area (Å²) in [6.07, 6.45) is 0.704. The van der Waals surface area contributed by atoms with Crippen molar-refractivity contribution < 1.29 is 0 Å². The molecule has 118 valence electrons. The minimum atomic E-state index is -0.138. The molecule has 0 fully saturated rings. The third-order valence-corrected chi connectivity index (χ3v) is 4.21. The third-order valence-electron chi connectivity index (χ3n) is 4.21. The number of fused-ring (bicyclic) bond motifs is 1. The molecule has 0 aliphatic carbocycles. The van der Waals surface area contributed by atoms with Gasteiger partial charge in [0.15, 0.2) is 0 Å². The smallest absolute Gasteiger partial charge is 0.272 e. The summed E-state index contributed by atoms with van der Waals surface area (Å²) in [5.41, 5.74) is 3.18. The molecule has 3 rings (SSSR count). The van der Waals surface area contributed by atoms with Crippen LogP contribution < -0.4 is 10.5 Å². The Morgan fingerprint density at radius 1 is 0.957 bits per heavy atom. The van der Waals surface area contributed by atoms with Gasteiger partial charge in [-0.05, 0) is 37.6 Å². The number of benzene rings is 2. The fourth-order valence-electron chi connectivity index (χ4n) is 2.91. The van der Waals surface area contributed by atoms with Gasteiger partial charge in [-0.15, -0.1) is 0 Å². The molecule has 1 heterocycles. The Kier molecular flexibility index (Phi) is 4.42. The number of hydrogen-bond donors (Lipinski definition) is 1. The molecule has 0 amide bonds. The van der Waals surface area contributed by atoms with E-state index in [1.807, 2.05) is 24.3 Å². The fourth-order valence-corrected chi connectivity index (χ4v) is 2.91. The van der Waals surface area contributed by atoms with Crippen LogP contribution in [0.25, 0.3) is 10.8 Å². The van der Waals surface area contributed by atoms with Crippen LogP contribution >= 0.6 is 0 Å². The number of aromatic nitrogens is 2. The van der Waals surface area contributed by atoms with Crippen molar-refractivity contribution in [3.63, 3.8) is 0 Å². The number of nitrogens with one attached hydrogen (secondary N) is 1. The molecule has 0 aliphatic rings. The lowest BCUT2D eigenvalue weighted by atomic mass is 10.0. The monoisotopic (exact) mass is 307 g/mol. The molecule has 4 heteroatoms. The quantitative estimate of drug-likeness (QED) is 0.786. The Labute approximate surface area is 135 Å². The average molecular weight is 307 g/mol. The van der Waals surface area contributed by atoms with Crippen LogP contribution in [0.3, 0.4) is 0 Å². The summed E-state index contributed by atoms with van der Waals surface area (Å²) in [4.78, 5) is 14.2. The lowest BCUT2D eigenvalue weighted by Gasteiger charge is -2.21. The number of rotatable bonds is 5. The summed E-state index contributed by atoms with van der Waals surface area (Å²) in [5.74, 6) is 0. The van der Waals surface area contributed by atoms with E-state index >= 15 is 0 Å². The summed E-state index contributed by atoms with van der Waals surface area (Å²) in [6, 6.07) is 16.2. The fraction of sp³-hybridized carbons (Fsp3) is 0.263. The first-order chi connectivity index (χ1) is 11.2. The van der Waals surface area contributed by atoms with Crippen molar-refractivity contribution in [2.45, 2.75) is 20.3 Å². The number of aromatic amines is 1. The minimum Gasteiger partial charge on any atom is -0.372 e. The molecule has 0 spiro atoms. The third kappa shape index (κ3) is 3.11. The second kappa shape index (κ2) is 6.65. The van der Waals surface area contributed by atoms with Gasteiger partial charge in [0.05, 0.1) is 11.1 Å². The first kappa shape index (κ1) is 15.3. The highest BCUT2D eigenvalue weighted by atomic mass is 16.1. The van der Waals surface area contributed by atoms with E-state index in [2.05, 4.69) is 53.2 Å². The highest BCUT2D eigenvalue weighted by Gasteiger charge is 2.07. The largest absolute Gasteiger partial charge is 0.372 e. The molecule has 23 heavy (non-hydrogen) atoms. The molecule has 1 N–H and O–H groups in total. The van der Waals surface area contributed by atoms with Crippen LogP contribution in [-0.2, 0) is 6.42 Å². The highest BCUT2D eigenvalue weighted by Crippen LogP contribution is 2.19. The minimum absolute atomic E-state index is 0.138. The van der Waals surface area contributed by atoms with Crippen molar-refractivity contribution in [1.29, 1.82) is 0 Å². The maximum Gasteiger partial charge on any atom is 0.272 e. The predicted molar refractivity (Wildman–Crippen MR) is 95.2 cm³/mol. The van der Waals surface area contributed by atoms with Crippen molar-refractivity contribution in [3.8, 4) is 0 Å². The highest BCUT2D eigenvalue weighted by molar-refractivity contribution is 5.83. The Balaban J connectivity index is 1.91. The predicted octanol–water partition coefficient (Wildman–Crippen LogP) is 3.36. The second-order valence-corrected chi connectivity index (χ2v) is 5.56. The van der Waals surface area contributed by atoms with Gasteiger partial charge in [0.2, 0.25) is 0 Å². The zero-order valence-electron chi connectivity index (χ0n) is 13.5. The van der Waals surface area contributed by atoms with Crippen LogP contribution in [0.15, 0.2) is 53.3 Å². The van der Waals surface area contributed by atoms with Gasteiger partial charge in [-0.3, -0.25) is 4.79 Å². The van der Waals surface area contributed by atoms with Crippen molar-refractivity contribution in [2.75, 3.05) is 18.0 Å². The van der Waals surface area contributed by atoms with Gasteiger partial charge >= 0.3 is 0 Å². The zero-order chi connectivity index (χ0) is 16.2. The van der Waals surface area contributed by atoms with Gasteiger partial charge < -0.3 is 4.90 Å². The van der Waals surface area contributed by atoms with Crippen LogP contribution in [0.2, 0.25) is 0 Å². The molecule has 4 nitrogen and oxygen atoms in total. The molecule has 0 radical (unpaired) electrons. The Morgan fingerprint density at radius 2 is 1.61 bits per heavy atom. The van der Waals surface area contributed by atoms with Gasteiger partial charge in [0, 0.05) is 30.6 Å². The summed E-state index contributed by atoms with van der Waals surface area (Å²) in [6.45, 7) is 6.32. The summed E-state index contributed by atoms with van der Waals surface area (Å²) in [5, 5.41) is 8.45. The SMILES string of the molecule is CCN(CC)c1ccc(Cc2n[nH]c(=O)c3ccccc23)cc1. The van der Waals surface area contributed by atoms with Crippen LogP contribution in [-0.4, -0.2) is 23.3 Å². The molecular formula is C19H21N3O. The number of nitrogens with zero attached hydrogens (tertiary/aromatic N) is 2. The van der Waals surface area contributed by atoms with E-state index in [0.717, 1.165) is 24.2 Å². The molecule has 0 aliphatic heterocycles. The molecular weight excluding hydrogens is 286 g/mol. The lowest BCUT2D eigenvalue weighted by molar-refractivity contribution is 0.865. The van der Waals surface area contributed by atoms with Gasteiger partial charge in [0.1, 0.15) is 0 Å². The van der Waals surface area contributed by atoms with Gasteiger partial charge in [0.25, 0.3) is 5.56 Å². The van der Waals surface area contributed by atoms with Gasteiger partial charge in [-0.25, -0.2) is 5.10 Å². The average Bonchev–Trinajstić information content (AvgIpc) is 2.60. The normalized spacial score (nSPS) is 10.9. The summed E-state index contributed by atoms with van der Waals surface area (Å²) in [7, 11) is 0. The van der Waals surface area contributed by atoms with E-state index in [0.29, 0.717) is 11.8 Å². The second-order valence-electron chi connectivity index (χ2n) is 5.56. The van der Waals surface area contributed by atoms with Crippen molar-refractivity contribution in [3.05, 3.63) is 70.1 Å². The van der Waals surface area contributed by atoms with Crippen LogP contribution in [0.4, 0.5) is 5.69 Å². The van der Waals surface area contributed by atoms with Gasteiger partial charge in [-0.1, -0.05) is 30.3 Å².